The number of hydrogen-bond donors (Lipinski definition) is 5. The first-order valence-corrected chi connectivity index (χ1v) is 16.5. The van der Waals surface area contributed by atoms with Crippen LogP contribution in [0.25, 0.3) is 0 Å². The average molecular weight is 673 g/mol. The molecule has 0 aliphatic rings. The molecular formula is C30H32N4O10S2. The molecule has 0 fully saturated rings. The van der Waals surface area contributed by atoms with E-state index in [2.05, 4.69) is 0 Å². The molecule has 4 rings (SSSR count). The van der Waals surface area contributed by atoms with E-state index in [4.69, 9.17) is 41.1 Å². The number of ether oxygens (including phenoxy) is 3. The maximum Gasteiger partial charge on any atom is 0.338 e. The Balaban J connectivity index is 0.000000254. The molecule has 0 radical (unpaired) electrons. The van der Waals surface area contributed by atoms with Gasteiger partial charge >= 0.3 is 11.9 Å². The number of anilines is 2. The number of carbonyl (C=O) groups excluding carboxylic acids is 1. The highest BCUT2D eigenvalue weighted by Crippen LogP contribution is 2.36. The Hall–Kier alpha value is -5.16. The SMILES string of the molecule is CCCCOC(=O)c1cc(N)c(Oc2ccccc2)c(S(N)(=O)=O)c1.Nc1cc(C(=O)O)cc(S(N)(=O)=O)c1Oc1ccccc1. The van der Waals surface area contributed by atoms with Gasteiger partial charge in [0.05, 0.1) is 29.1 Å². The minimum absolute atomic E-state index is 0.00182. The first-order chi connectivity index (χ1) is 21.6. The van der Waals surface area contributed by atoms with Gasteiger partial charge < -0.3 is 30.8 Å². The molecule has 0 aliphatic heterocycles. The third-order valence-corrected chi connectivity index (χ3v) is 7.75. The summed E-state index contributed by atoms with van der Waals surface area (Å²) in [5.74, 6) is -1.59. The number of para-hydroxylation sites is 2. The molecular weight excluding hydrogens is 640 g/mol. The maximum absolute atomic E-state index is 12.1. The molecule has 0 atom stereocenters. The monoisotopic (exact) mass is 672 g/mol. The van der Waals surface area contributed by atoms with Crippen LogP contribution in [0.3, 0.4) is 0 Å². The molecule has 0 spiro atoms. The number of sulfonamides is 2. The molecule has 0 amide bonds. The van der Waals surface area contributed by atoms with Gasteiger partial charge in [0.25, 0.3) is 0 Å². The largest absolute Gasteiger partial charge is 0.478 e. The van der Waals surface area contributed by atoms with Crippen LogP contribution >= 0.6 is 0 Å². The lowest BCUT2D eigenvalue weighted by Gasteiger charge is -2.14. The van der Waals surface area contributed by atoms with Crippen LogP contribution in [0.2, 0.25) is 0 Å². The van der Waals surface area contributed by atoms with Crippen LogP contribution in [0.4, 0.5) is 11.4 Å². The number of nitrogens with two attached hydrogens (primary N) is 4. The molecule has 0 unspecified atom stereocenters. The molecule has 16 heteroatoms. The second kappa shape index (κ2) is 15.2. The average Bonchev–Trinajstić information content (AvgIpc) is 2.99. The van der Waals surface area contributed by atoms with Crippen molar-refractivity contribution in [2.24, 2.45) is 10.3 Å². The number of esters is 1. The Kier molecular flexibility index (Phi) is 11.7. The van der Waals surface area contributed by atoms with Crippen molar-refractivity contribution in [2.45, 2.75) is 29.6 Å². The van der Waals surface area contributed by atoms with Crippen LogP contribution < -0.4 is 31.2 Å². The topological polar surface area (TPSA) is 254 Å². The van der Waals surface area contributed by atoms with Crippen molar-refractivity contribution in [3.05, 3.63) is 96.1 Å². The molecule has 244 valence electrons. The van der Waals surface area contributed by atoms with Crippen LogP contribution in [-0.4, -0.2) is 40.5 Å². The number of unbranched alkanes of at least 4 members (excludes halogenated alkanes) is 1. The van der Waals surface area contributed by atoms with Crippen molar-refractivity contribution >= 4 is 43.4 Å². The minimum atomic E-state index is -4.20. The van der Waals surface area contributed by atoms with E-state index in [0.29, 0.717) is 17.9 Å². The highest BCUT2D eigenvalue weighted by atomic mass is 32.2. The van der Waals surface area contributed by atoms with E-state index in [-0.39, 0.29) is 45.5 Å². The van der Waals surface area contributed by atoms with Gasteiger partial charge in [0.1, 0.15) is 21.3 Å². The Bertz CT molecular complexity index is 1920. The fourth-order valence-corrected chi connectivity index (χ4v) is 5.15. The fraction of sp³-hybridized carbons (Fsp3) is 0.133. The number of carbonyl (C=O) groups is 2. The van der Waals surface area contributed by atoms with Gasteiger partial charge in [-0.1, -0.05) is 49.7 Å². The lowest BCUT2D eigenvalue weighted by Crippen LogP contribution is -2.16. The summed E-state index contributed by atoms with van der Waals surface area (Å²) in [7, 11) is -8.37. The van der Waals surface area contributed by atoms with E-state index in [9.17, 15) is 26.4 Å². The van der Waals surface area contributed by atoms with Crippen LogP contribution in [0.1, 0.15) is 40.5 Å². The number of hydrogen-bond acceptors (Lipinski definition) is 11. The zero-order valence-corrected chi connectivity index (χ0v) is 26.1. The summed E-state index contributed by atoms with van der Waals surface area (Å²) in [5, 5.41) is 19.3. The second-order valence-electron chi connectivity index (χ2n) is 9.50. The third-order valence-electron chi connectivity index (χ3n) is 5.92. The van der Waals surface area contributed by atoms with Gasteiger partial charge in [-0.05, 0) is 55.0 Å². The normalized spacial score (nSPS) is 11.1. The number of carboxylic acid groups (broad SMARTS) is 1. The quantitative estimate of drug-likeness (QED) is 0.0858. The first kappa shape index (κ1) is 35.3. The number of primary sulfonamides is 2. The van der Waals surface area contributed by atoms with E-state index in [1.807, 2.05) is 6.92 Å². The predicted molar refractivity (Wildman–Crippen MR) is 170 cm³/mol. The highest BCUT2D eigenvalue weighted by Gasteiger charge is 2.24. The van der Waals surface area contributed by atoms with E-state index < -0.39 is 36.9 Å². The van der Waals surface area contributed by atoms with Gasteiger partial charge in [-0.15, -0.1) is 0 Å². The van der Waals surface area contributed by atoms with E-state index >= 15 is 0 Å². The molecule has 4 aromatic carbocycles. The summed E-state index contributed by atoms with van der Waals surface area (Å²) in [6.07, 6.45) is 1.57. The predicted octanol–water partition coefficient (Wildman–Crippen LogP) is 4.07. The molecule has 4 aromatic rings. The highest BCUT2D eigenvalue weighted by molar-refractivity contribution is 7.89. The van der Waals surface area contributed by atoms with Crippen LogP contribution in [-0.2, 0) is 24.8 Å². The van der Waals surface area contributed by atoms with Crippen LogP contribution in [0, 0.1) is 0 Å². The molecule has 0 aliphatic carbocycles. The van der Waals surface area contributed by atoms with Crippen molar-refractivity contribution in [3.63, 3.8) is 0 Å². The van der Waals surface area contributed by atoms with E-state index in [1.165, 1.54) is 6.07 Å². The molecule has 0 saturated carbocycles. The molecule has 9 N–H and O–H groups in total. The fourth-order valence-electron chi connectivity index (χ4n) is 3.74. The van der Waals surface area contributed by atoms with E-state index in [0.717, 1.165) is 24.6 Å². The van der Waals surface area contributed by atoms with Gasteiger partial charge in [-0.2, -0.15) is 0 Å². The number of rotatable bonds is 11. The van der Waals surface area contributed by atoms with Gasteiger partial charge in [-0.3, -0.25) is 0 Å². The second-order valence-corrected chi connectivity index (χ2v) is 12.6. The van der Waals surface area contributed by atoms with Crippen LogP contribution in [0.5, 0.6) is 23.0 Å². The van der Waals surface area contributed by atoms with Crippen molar-refractivity contribution in [3.8, 4) is 23.0 Å². The maximum atomic E-state index is 12.1. The first-order valence-electron chi connectivity index (χ1n) is 13.4. The van der Waals surface area contributed by atoms with Crippen molar-refractivity contribution < 1.29 is 45.7 Å². The van der Waals surface area contributed by atoms with Crippen molar-refractivity contribution in [1.29, 1.82) is 0 Å². The van der Waals surface area contributed by atoms with Crippen LogP contribution in [0.15, 0.2) is 94.7 Å². The lowest BCUT2D eigenvalue weighted by molar-refractivity contribution is 0.0499. The number of carboxylic acids is 1. The molecule has 0 heterocycles. The Morgan fingerprint density at radius 1 is 0.696 bits per heavy atom. The van der Waals surface area contributed by atoms with Gasteiger partial charge in [0.15, 0.2) is 11.5 Å². The van der Waals surface area contributed by atoms with Gasteiger partial charge in [0, 0.05) is 0 Å². The smallest absolute Gasteiger partial charge is 0.338 e. The minimum Gasteiger partial charge on any atom is -0.478 e. The molecule has 14 nitrogen and oxygen atoms in total. The third kappa shape index (κ3) is 9.67. The zero-order valence-electron chi connectivity index (χ0n) is 24.5. The van der Waals surface area contributed by atoms with Crippen molar-refractivity contribution in [1.82, 2.24) is 0 Å². The lowest BCUT2D eigenvalue weighted by atomic mass is 10.2. The molecule has 0 aromatic heterocycles. The summed E-state index contributed by atoms with van der Waals surface area (Å²) in [4.78, 5) is 22.2. The Labute approximate surface area is 265 Å². The standard InChI is InChI=1S/C17H20N2O5S.C13H12N2O5S/c1-2-3-9-23-17(20)12-10-14(18)16(15(11-12)25(19,21)22)24-13-7-5-4-6-8-13;14-10-6-8(13(16)17)7-11(21(15,18)19)12(10)20-9-4-2-1-3-5-9/h4-8,10-11H,2-3,9,18H2,1H3,(H2,19,21,22);1-7H,14H2,(H,16,17)(H2,15,18,19). The molecule has 0 bridgehead atoms. The molecule has 46 heavy (non-hydrogen) atoms. The molecule has 0 saturated heterocycles. The zero-order chi connectivity index (χ0) is 34.1. The Morgan fingerprint density at radius 2 is 1.11 bits per heavy atom. The van der Waals surface area contributed by atoms with Crippen molar-refractivity contribution in [2.75, 3.05) is 18.1 Å². The summed E-state index contributed by atoms with van der Waals surface area (Å²) in [6.45, 7) is 2.20. The van der Waals surface area contributed by atoms with Gasteiger partial charge in [-0.25, -0.2) is 36.7 Å². The summed E-state index contributed by atoms with van der Waals surface area (Å²) < 4.78 is 63.1. The Morgan fingerprint density at radius 3 is 1.50 bits per heavy atom. The summed E-state index contributed by atoms with van der Waals surface area (Å²) in [6, 6.07) is 21.3. The van der Waals surface area contributed by atoms with E-state index in [1.54, 1.807) is 60.7 Å². The van der Waals surface area contributed by atoms with Gasteiger partial charge in [0.2, 0.25) is 20.0 Å². The summed E-state index contributed by atoms with van der Waals surface area (Å²) >= 11 is 0. The number of nitrogen functional groups attached to an aromatic ring is 2. The number of benzene rings is 4. The number of aromatic carboxylic acids is 1. The summed E-state index contributed by atoms with van der Waals surface area (Å²) in [5.41, 5.74) is 11.1.